The summed E-state index contributed by atoms with van der Waals surface area (Å²) in [6.45, 7) is 3.41. The number of benzene rings is 2. The molecule has 0 spiro atoms. The first-order chi connectivity index (χ1) is 11.2. The third kappa shape index (κ3) is 3.16. The quantitative estimate of drug-likeness (QED) is 0.672. The van der Waals surface area contributed by atoms with Gasteiger partial charge < -0.3 is 9.80 Å². The van der Waals surface area contributed by atoms with E-state index in [0.717, 1.165) is 37.4 Å². The number of anilines is 2. The maximum atomic E-state index is 13.8. The number of aromatic nitrogens is 1. The van der Waals surface area contributed by atoms with Crippen molar-refractivity contribution in [1.29, 1.82) is 0 Å². The number of fused-ring (bicyclic) bond motifs is 1. The molecule has 0 unspecified atom stereocenters. The second-order valence-corrected chi connectivity index (χ2v) is 6.55. The lowest BCUT2D eigenvalue weighted by Crippen LogP contribution is -2.46. The molecular weight excluding hydrogens is 352 g/mol. The minimum absolute atomic E-state index is 0. The van der Waals surface area contributed by atoms with Crippen molar-refractivity contribution in [3.05, 3.63) is 54.1 Å². The molecule has 1 aliphatic heterocycles. The topological polar surface area (TPSA) is 19.4 Å². The first kappa shape index (κ1) is 16.9. The highest BCUT2D eigenvalue weighted by Crippen LogP contribution is 2.31. The Hall–Kier alpha value is -1.92. The maximum absolute atomic E-state index is 13.8. The average molecular weight is 368 g/mol. The van der Waals surface area contributed by atoms with E-state index in [1.807, 2.05) is 18.2 Å². The van der Waals surface area contributed by atoms with Gasteiger partial charge in [-0.15, -0.1) is 12.4 Å². The molecule has 0 N–H and O–H groups in total. The highest BCUT2D eigenvalue weighted by Gasteiger charge is 2.21. The zero-order valence-corrected chi connectivity index (χ0v) is 14.4. The molecule has 0 saturated carbocycles. The van der Waals surface area contributed by atoms with Crippen molar-refractivity contribution in [3.8, 4) is 0 Å². The van der Waals surface area contributed by atoms with Crippen LogP contribution in [0.4, 0.5) is 19.6 Å². The van der Waals surface area contributed by atoms with Crippen molar-refractivity contribution in [1.82, 2.24) is 4.98 Å². The number of piperazine rings is 1. The van der Waals surface area contributed by atoms with Crippen molar-refractivity contribution in [2.75, 3.05) is 36.0 Å². The van der Waals surface area contributed by atoms with Gasteiger partial charge >= 0.3 is 0 Å². The zero-order valence-electron chi connectivity index (χ0n) is 12.8. The Morgan fingerprint density at radius 2 is 1.58 bits per heavy atom. The number of thiazole rings is 1. The standard InChI is InChI=1S/C17H15F2N3S.ClH/c18-12-10-14(19)16-15(11-12)23-17(20-16)22-8-6-21(7-9-22)13-4-2-1-3-5-13;/h1-5,10-11H,6-9H2;1H. The third-order valence-electron chi connectivity index (χ3n) is 4.07. The fraction of sp³-hybridized carbons (Fsp3) is 0.235. The molecule has 24 heavy (non-hydrogen) atoms. The summed E-state index contributed by atoms with van der Waals surface area (Å²) < 4.78 is 27.7. The lowest BCUT2D eigenvalue weighted by molar-refractivity contribution is 0.591. The smallest absolute Gasteiger partial charge is 0.186 e. The summed E-state index contributed by atoms with van der Waals surface area (Å²) in [5, 5.41) is 0.761. The molecule has 1 saturated heterocycles. The van der Waals surface area contributed by atoms with E-state index in [-0.39, 0.29) is 17.9 Å². The molecule has 1 fully saturated rings. The van der Waals surface area contributed by atoms with Gasteiger partial charge in [0.25, 0.3) is 0 Å². The molecule has 1 aromatic heterocycles. The van der Waals surface area contributed by atoms with E-state index in [0.29, 0.717) is 4.70 Å². The van der Waals surface area contributed by atoms with Crippen LogP contribution in [0.5, 0.6) is 0 Å². The molecule has 126 valence electrons. The lowest BCUT2D eigenvalue weighted by Gasteiger charge is -2.35. The first-order valence-electron chi connectivity index (χ1n) is 7.51. The molecular formula is C17H16ClF2N3S. The summed E-state index contributed by atoms with van der Waals surface area (Å²) in [7, 11) is 0. The van der Waals surface area contributed by atoms with Crippen LogP contribution in [0.15, 0.2) is 42.5 Å². The predicted molar refractivity (Wildman–Crippen MR) is 97.7 cm³/mol. The molecule has 7 heteroatoms. The lowest BCUT2D eigenvalue weighted by atomic mass is 10.2. The molecule has 0 aliphatic carbocycles. The van der Waals surface area contributed by atoms with Crippen LogP contribution in [0.1, 0.15) is 0 Å². The molecule has 2 heterocycles. The van der Waals surface area contributed by atoms with E-state index < -0.39 is 11.6 Å². The Morgan fingerprint density at radius 3 is 2.29 bits per heavy atom. The van der Waals surface area contributed by atoms with Crippen molar-refractivity contribution in [3.63, 3.8) is 0 Å². The maximum Gasteiger partial charge on any atom is 0.186 e. The van der Waals surface area contributed by atoms with Gasteiger partial charge in [0.1, 0.15) is 11.3 Å². The van der Waals surface area contributed by atoms with Crippen LogP contribution < -0.4 is 9.80 Å². The Morgan fingerprint density at radius 1 is 0.917 bits per heavy atom. The molecule has 0 radical (unpaired) electrons. The number of hydrogen-bond donors (Lipinski definition) is 0. The van der Waals surface area contributed by atoms with E-state index in [1.54, 1.807) is 0 Å². The van der Waals surface area contributed by atoms with E-state index in [9.17, 15) is 8.78 Å². The Labute approximate surface area is 148 Å². The molecule has 2 aromatic carbocycles. The fourth-order valence-corrected chi connectivity index (χ4v) is 3.93. The average Bonchev–Trinajstić information content (AvgIpc) is 3.00. The second-order valence-electron chi connectivity index (χ2n) is 5.54. The van der Waals surface area contributed by atoms with E-state index in [4.69, 9.17) is 0 Å². The Kier molecular flexibility index (Phi) is 4.87. The summed E-state index contributed by atoms with van der Waals surface area (Å²) in [5.41, 5.74) is 1.47. The summed E-state index contributed by atoms with van der Waals surface area (Å²) in [6.07, 6.45) is 0. The summed E-state index contributed by atoms with van der Waals surface area (Å²) >= 11 is 1.35. The van der Waals surface area contributed by atoms with E-state index in [2.05, 4.69) is 26.9 Å². The number of para-hydroxylation sites is 1. The van der Waals surface area contributed by atoms with Crippen LogP contribution in [-0.4, -0.2) is 31.2 Å². The van der Waals surface area contributed by atoms with Crippen molar-refractivity contribution in [2.24, 2.45) is 0 Å². The molecule has 0 atom stereocenters. The summed E-state index contributed by atoms with van der Waals surface area (Å²) in [6, 6.07) is 12.5. The third-order valence-corrected chi connectivity index (χ3v) is 5.14. The second kappa shape index (κ2) is 6.91. The minimum Gasteiger partial charge on any atom is -0.368 e. The molecule has 1 aliphatic rings. The number of nitrogens with zero attached hydrogens (tertiary/aromatic N) is 3. The van der Waals surface area contributed by atoms with E-state index in [1.165, 1.54) is 23.1 Å². The van der Waals surface area contributed by atoms with Gasteiger partial charge in [-0.05, 0) is 18.2 Å². The van der Waals surface area contributed by atoms with Crippen molar-refractivity contribution in [2.45, 2.75) is 0 Å². The highest BCUT2D eigenvalue weighted by atomic mass is 35.5. The van der Waals surface area contributed by atoms with E-state index >= 15 is 0 Å². The van der Waals surface area contributed by atoms with Gasteiger partial charge in [0.05, 0.1) is 4.70 Å². The minimum atomic E-state index is -0.592. The molecule has 3 aromatic rings. The SMILES string of the molecule is Cl.Fc1cc(F)c2nc(N3CCN(c4ccccc4)CC3)sc2c1. The van der Waals surface area contributed by atoms with Gasteiger partial charge in [-0.3, -0.25) is 0 Å². The monoisotopic (exact) mass is 367 g/mol. The predicted octanol–water partition coefficient (Wildman–Crippen LogP) is 4.32. The normalized spacial score (nSPS) is 14.8. The van der Waals surface area contributed by atoms with Crippen LogP contribution in [0.2, 0.25) is 0 Å². The van der Waals surface area contributed by atoms with Crippen molar-refractivity contribution >= 4 is 44.8 Å². The molecule has 0 bridgehead atoms. The van der Waals surface area contributed by atoms with Gasteiger partial charge in [-0.1, -0.05) is 29.5 Å². The largest absolute Gasteiger partial charge is 0.368 e. The number of hydrogen-bond acceptors (Lipinski definition) is 4. The molecule has 0 amide bonds. The van der Waals surface area contributed by atoms with Crippen LogP contribution in [-0.2, 0) is 0 Å². The van der Waals surface area contributed by atoms with Gasteiger partial charge in [0.15, 0.2) is 10.9 Å². The molecule has 4 rings (SSSR count). The highest BCUT2D eigenvalue weighted by molar-refractivity contribution is 7.22. The zero-order chi connectivity index (χ0) is 15.8. The van der Waals surface area contributed by atoms with Crippen LogP contribution in [0.25, 0.3) is 10.2 Å². The fourth-order valence-electron chi connectivity index (χ4n) is 2.88. The summed E-state index contributed by atoms with van der Waals surface area (Å²) in [5.74, 6) is -1.15. The van der Waals surface area contributed by atoms with Crippen LogP contribution >= 0.6 is 23.7 Å². The Balaban J connectivity index is 0.00000169. The number of halogens is 3. The van der Waals surface area contributed by atoms with Gasteiger partial charge in [0.2, 0.25) is 0 Å². The van der Waals surface area contributed by atoms with Gasteiger partial charge in [-0.25, -0.2) is 13.8 Å². The molecule has 3 nitrogen and oxygen atoms in total. The van der Waals surface area contributed by atoms with Crippen LogP contribution in [0.3, 0.4) is 0 Å². The van der Waals surface area contributed by atoms with Crippen molar-refractivity contribution < 1.29 is 8.78 Å². The number of rotatable bonds is 2. The van der Waals surface area contributed by atoms with Crippen LogP contribution in [0, 0.1) is 11.6 Å². The Bertz CT molecular complexity index is 832. The first-order valence-corrected chi connectivity index (χ1v) is 8.33. The summed E-state index contributed by atoms with van der Waals surface area (Å²) in [4.78, 5) is 8.82. The van der Waals surface area contributed by atoms with Gasteiger partial charge in [-0.2, -0.15) is 0 Å². The van der Waals surface area contributed by atoms with Gasteiger partial charge in [0, 0.05) is 37.9 Å².